The molecule has 3 N–H and O–H groups in total. The minimum absolute atomic E-state index is 0.0655. The van der Waals surface area contributed by atoms with Gasteiger partial charge in [0.2, 0.25) is 0 Å². The molecule has 0 saturated heterocycles. The van der Waals surface area contributed by atoms with Crippen LogP contribution in [0.4, 0.5) is 0 Å². The second-order valence-electron chi connectivity index (χ2n) is 8.76. The highest BCUT2D eigenvalue weighted by molar-refractivity contribution is 5.26. The monoisotopic (exact) mass is 332 g/mol. The first-order valence-corrected chi connectivity index (χ1v) is 9.56. The van der Waals surface area contributed by atoms with Crippen molar-refractivity contribution in [2.75, 3.05) is 0 Å². The van der Waals surface area contributed by atoms with Crippen molar-refractivity contribution in [1.29, 1.82) is 0 Å². The summed E-state index contributed by atoms with van der Waals surface area (Å²) in [4.78, 5) is 0. The molecule has 3 aliphatic carbocycles. The zero-order chi connectivity index (χ0) is 17.5. The average molecular weight is 332 g/mol. The number of fused-ring (bicyclic) bond motifs is 3. The van der Waals surface area contributed by atoms with Crippen LogP contribution in [0.2, 0.25) is 0 Å². The highest BCUT2D eigenvalue weighted by Crippen LogP contribution is 2.56. The zero-order valence-electron chi connectivity index (χ0n) is 15.0. The summed E-state index contributed by atoms with van der Waals surface area (Å²) in [5.74, 6) is 3.55. The molecule has 0 aliphatic heterocycles. The highest BCUT2D eigenvalue weighted by atomic mass is 16.3. The van der Waals surface area contributed by atoms with Crippen molar-refractivity contribution in [3.8, 4) is 12.3 Å². The molecule has 24 heavy (non-hydrogen) atoms. The quantitative estimate of drug-likeness (QED) is 0.472. The highest BCUT2D eigenvalue weighted by Gasteiger charge is 2.50. The van der Waals surface area contributed by atoms with E-state index in [9.17, 15) is 15.3 Å². The van der Waals surface area contributed by atoms with Crippen molar-refractivity contribution in [2.24, 2.45) is 23.2 Å². The lowest BCUT2D eigenvalue weighted by molar-refractivity contribution is -0.0239. The van der Waals surface area contributed by atoms with Crippen LogP contribution in [0.15, 0.2) is 11.6 Å². The van der Waals surface area contributed by atoms with Crippen molar-refractivity contribution in [2.45, 2.75) is 83.0 Å². The maximum atomic E-state index is 10.8. The van der Waals surface area contributed by atoms with Gasteiger partial charge in [0.05, 0.1) is 12.2 Å². The first-order valence-electron chi connectivity index (χ1n) is 9.56. The Bertz CT molecular complexity index is 548. The van der Waals surface area contributed by atoms with E-state index >= 15 is 0 Å². The molecule has 0 amide bonds. The third-order valence-corrected chi connectivity index (χ3v) is 7.28. The fourth-order valence-electron chi connectivity index (χ4n) is 5.66. The van der Waals surface area contributed by atoms with Crippen LogP contribution in [-0.4, -0.2) is 33.1 Å². The summed E-state index contributed by atoms with van der Waals surface area (Å²) in [6.07, 6.45) is 13.4. The van der Waals surface area contributed by atoms with Gasteiger partial charge in [0.1, 0.15) is 5.60 Å². The molecule has 3 rings (SSSR count). The van der Waals surface area contributed by atoms with Crippen molar-refractivity contribution < 1.29 is 15.3 Å². The molecule has 0 radical (unpaired) electrons. The summed E-state index contributed by atoms with van der Waals surface area (Å²) < 4.78 is 0. The minimum atomic E-state index is -0.993. The molecular formula is C21H32O3. The predicted molar refractivity (Wildman–Crippen MR) is 95.1 cm³/mol. The number of terminal acetylenes is 1. The Hall–Kier alpha value is -0.820. The number of aliphatic hydroxyl groups excluding tert-OH is 2. The van der Waals surface area contributed by atoms with Gasteiger partial charge in [-0.2, -0.15) is 0 Å². The van der Waals surface area contributed by atoms with Gasteiger partial charge in [-0.1, -0.05) is 31.4 Å². The minimum Gasteiger partial charge on any atom is -0.393 e. The lowest BCUT2D eigenvalue weighted by atomic mass is 9.53. The van der Waals surface area contributed by atoms with Gasteiger partial charge in [-0.05, 0) is 74.5 Å². The summed E-state index contributed by atoms with van der Waals surface area (Å²) >= 11 is 0. The van der Waals surface area contributed by atoms with Gasteiger partial charge in [-0.3, -0.25) is 0 Å². The topological polar surface area (TPSA) is 60.7 Å². The van der Waals surface area contributed by atoms with E-state index in [1.165, 1.54) is 5.57 Å². The second kappa shape index (κ2) is 6.48. The smallest absolute Gasteiger partial charge is 0.125 e. The summed E-state index contributed by atoms with van der Waals surface area (Å²) in [5.41, 5.74) is 0.316. The van der Waals surface area contributed by atoms with Crippen LogP contribution in [0.1, 0.15) is 65.2 Å². The van der Waals surface area contributed by atoms with Gasteiger partial charge in [-0.15, -0.1) is 6.42 Å². The Morgan fingerprint density at radius 3 is 2.62 bits per heavy atom. The summed E-state index contributed by atoms with van der Waals surface area (Å²) in [6, 6.07) is 0. The molecule has 0 aromatic carbocycles. The second-order valence-corrected chi connectivity index (χ2v) is 8.76. The van der Waals surface area contributed by atoms with Crippen molar-refractivity contribution in [1.82, 2.24) is 0 Å². The molecular weight excluding hydrogens is 300 g/mol. The maximum Gasteiger partial charge on any atom is 0.125 e. The molecule has 0 bridgehead atoms. The maximum absolute atomic E-state index is 10.8. The third-order valence-electron chi connectivity index (χ3n) is 7.28. The molecule has 2 saturated carbocycles. The fraction of sp³-hybridized carbons (Fsp3) is 0.810. The van der Waals surface area contributed by atoms with Gasteiger partial charge in [-0.25, -0.2) is 0 Å². The Morgan fingerprint density at radius 1 is 1.17 bits per heavy atom. The van der Waals surface area contributed by atoms with E-state index in [0.29, 0.717) is 31.1 Å². The molecule has 0 heterocycles. The lowest BCUT2D eigenvalue weighted by Crippen LogP contribution is -2.48. The Morgan fingerprint density at radius 2 is 1.92 bits per heavy atom. The van der Waals surface area contributed by atoms with E-state index in [1.807, 2.05) is 6.08 Å². The molecule has 0 aromatic rings. The summed E-state index contributed by atoms with van der Waals surface area (Å²) in [7, 11) is 0. The molecule has 3 nitrogen and oxygen atoms in total. The molecule has 0 spiro atoms. The fourth-order valence-corrected chi connectivity index (χ4v) is 5.66. The molecule has 7 atom stereocenters. The van der Waals surface area contributed by atoms with Crippen molar-refractivity contribution in [3.63, 3.8) is 0 Å². The molecule has 0 aromatic heterocycles. The van der Waals surface area contributed by atoms with Gasteiger partial charge in [0, 0.05) is 0 Å². The first-order chi connectivity index (χ1) is 11.3. The van der Waals surface area contributed by atoms with Crippen LogP contribution in [0.5, 0.6) is 0 Å². The normalized spacial score (nSPS) is 49.5. The Balaban J connectivity index is 1.93. The van der Waals surface area contributed by atoms with E-state index in [0.717, 1.165) is 32.1 Å². The largest absolute Gasteiger partial charge is 0.393 e. The number of hydrogen-bond acceptors (Lipinski definition) is 3. The molecule has 3 heteroatoms. The number of rotatable bonds is 0. The summed E-state index contributed by atoms with van der Waals surface area (Å²) in [5, 5.41) is 31.5. The SMILES string of the molecule is C#C[C@@]1(O)CCCC2C(C(C)CC1)[C@@H](O)C=C1C[C@@H](O)CC[C@@]12C. The molecule has 3 unspecified atom stereocenters. The van der Waals surface area contributed by atoms with Crippen molar-refractivity contribution >= 4 is 0 Å². The van der Waals surface area contributed by atoms with Crippen LogP contribution >= 0.6 is 0 Å². The van der Waals surface area contributed by atoms with Gasteiger partial charge < -0.3 is 15.3 Å². The van der Waals surface area contributed by atoms with E-state index in [-0.39, 0.29) is 17.4 Å². The zero-order valence-corrected chi connectivity index (χ0v) is 15.0. The van der Waals surface area contributed by atoms with Crippen LogP contribution in [0.3, 0.4) is 0 Å². The van der Waals surface area contributed by atoms with Crippen molar-refractivity contribution in [3.05, 3.63) is 11.6 Å². The van der Waals surface area contributed by atoms with E-state index in [2.05, 4.69) is 19.8 Å². The first kappa shape index (κ1) is 18.0. The standard InChI is InChI=1S/C21H32O3/c1-4-21(24)9-5-6-17-19(14(2)7-11-21)18(23)13-15-12-16(22)8-10-20(15,17)3/h1,13-14,16-19,22-24H,5-12H2,2-3H3/t14?,16-,17?,18-,19?,20-,21+/m0/s1. The van der Waals surface area contributed by atoms with Crippen LogP contribution in [0.25, 0.3) is 0 Å². The number of aliphatic hydroxyl groups is 3. The molecule has 3 aliphatic rings. The van der Waals surface area contributed by atoms with E-state index in [1.54, 1.807) is 0 Å². The summed E-state index contributed by atoms with van der Waals surface area (Å²) in [6.45, 7) is 4.52. The van der Waals surface area contributed by atoms with E-state index in [4.69, 9.17) is 6.42 Å². The molecule has 2 fully saturated rings. The third kappa shape index (κ3) is 3.05. The van der Waals surface area contributed by atoms with Crippen LogP contribution < -0.4 is 0 Å². The van der Waals surface area contributed by atoms with Gasteiger partial charge in [0.15, 0.2) is 0 Å². The molecule has 134 valence electrons. The average Bonchev–Trinajstić information content (AvgIpc) is 2.60. The van der Waals surface area contributed by atoms with E-state index < -0.39 is 11.7 Å². The predicted octanol–water partition coefficient (Wildman–Crippen LogP) is 3.04. The Kier molecular flexibility index (Phi) is 4.86. The Labute approximate surface area is 146 Å². The van der Waals surface area contributed by atoms with Crippen LogP contribution in [-0.2, 0) is 0 Å². The lowest BCUT2D eigenvalue weighted by Gasteiger charge is -2.53. The van der Waals surface area contributed by atoms with Crippen LogP contribution in [0, 0.1) is 35.5 Å². The van der Waals surface area contributed by atoms with Gasteiger partial charge in [0.25, 0.3) is 0 Å². The number of hydrogen-bond donors (Lipinski definition) is 3. The van der Waals surface area contributed by atoms with Gasteiger partial charge >= 0.3 is 0 Å².